The maximum absolute atomic E-state index is 10.8. The first kappa shape index (κ1) is 15.4. The standard InChI is InChI=1S/C15H28N4O/c1-11(2)19-12(17-10-18-19)8-15(9-16)7-5-6-14(3,4)13(15)20/h10-11,13,20H,5-9,16H2,1-4H3. The molecule has 1 aromatic rings. The number of hydrogen-bond donors (Lipinski definition) is 2. The maximum atomic E-state index is 10.8. The summed E-state index contributed by atoms with van der Waals surface area (Å²) >= 11 is 0. The Morgan fingerprint density at radius 2 is 2.15 bits per heavy atom. The molecule has 2 unspecified atom stereocenters. The van der Waals surface area contributed by atoms with Gasteiger partial charge in [0.25, 0.3) is 0 Å². The van der Waals surface area contributed by atoms with Crippen LogP contribution < -0.4 is 5.73 Å². The summed E-state index contributed by atoms with van der Waals surface area (Å²) < 4.78 is 1.94. The first-order valence-corrected chi connectivity index (χ1v) is 7.59. The molecule has 2 rings (SSSR count). The molecule has 0 aromatic carbocycles. The van der Waals surface area contributed by atoms with Gasteiger partial charge in [-0.15, -0.1) is 0 Å². The van der Waals surface area contributed by atoms with Crippen LogP contribution in [0.25, 0.3) is 0 Å². The van der Waals surface area contributed by atoms with Crippen LogP contribution >= 0.6 is 0 Å². The van der Waals surface area contributed by atoms with E-state index in [-0.39, 0.29) is 16.9 Å². The second-order valence-electron chi connectivity index (χ2n) is 7.20. The number of nitrogens with zero attached hydrogens (tertiary/aromatic N) is 3. The lowest BCUT2D eigenvalue weighted by molar-refractivity contribution is -0.0896. The Labute approximate surface area is 121 Å². The van der Waals surface area contributed by atoms with Gasteiger partial charge in [0.15, 0.2) is 0 Å². The summed E-state index contributed by atoms with van der Waals surface area (Å²) in [5, 5.41) is 15.1. The van der Waals surface area contributed by atoms with Crippen molar-refractivity contribution in [1.29, 1.82) is 0 Å². The van der Waals surface area contributed by atoms with Crippen LogP contribution in [0.3, 0.4) is 0 Å². The number of nitrogens with two attached hydrogens (primary N) is 1. The average molecular weight is 280 g/mol. The summed E-state index contributed by atoms with van der Waals surface area (Å²) in [6, 6.07) is 0.274. The minimum atomic E-state index is -0.397. The number of aliphatic hydroxyl groups excluding tert-OH is 1. The summed E-state index contributed by atoms with van der Waals surface area (Å²) in [4.78, 5) is 4.39. The van der Waals surface area contributed by atoms with Crippen molar-refractivity contribution < 1.29 is 5.11 Å². The second kappa shape index (κ2) is 5.45. The largest absolute Gasteiger partial charge is 0.392 e. The van der Waals surface area contributed by atoms with Gasteiger partial charge >= 0.3 is 0 Å². The monoisotopic (exact) mass is 280 g/mol. The zero-order valence-electron chi connectivity index (χ0n) is 13.1. The molecule has 1 aliphatic rings. The Bertz CT molecular complexity index is 454. The van der Waals surface area contributed by atoms with Gasteiger partial charge in [-0.25, -0.2) is 9.67 Å². The molecule has 3 N–H and O–H groups in total. The Hall–Kier alpha value is -0.940. The van der Waals surface area contributed by atoms with Crippen molar-refractivity contribution in [3.63, 3.8) is 0 Å². The minimum Gasteiger partial charge on any atom is -0.392 e. The van der Waals surface area contributed by atoms with Crippen LogP contribution in [-0.2, 0) is 6.42 Å². The van der Waals surface area contributed by atoms with Gasteiger partial charge in [0.2, 0.25) is 0 Å². The molecule has 0 amide bonds. The number of aliphatic hydroxyl groups is 1. The molecule has 1 saturated carbocycles. The number of aromatic nitrogens is 3. The molecule has 5 nitrogen and oxygen atoms in total. The third kappa shape index (κ3) is 2.61. The zero-order valence-corrected chi connectivity index (χ0v) is 13.1. The van der Waals surface area contributed by atoms with Crippen molar-refractivity contribution >= 4 is 0 Å². The van der Waals surface area contributed by atoms with Gasteiger partial charge in [0.05, 0.1) is 6.10 Å². The lowest BCUT2D eigenvalue weighted by Gasteiger charge is -2.49. The fourth-order valence-corrected chi connectivity index (χ4v) is 3.62. The van der Waals surface area contributed by atoms with E-state index in [1.165, 1.54) is 0 Å². The van der Waals surface area contributed by atoms with Crippen LogP contribution in [0.1, 0.15) is 58.8 Å². The second-order valence-corrected chi connectivity index (χ2v) is 7.20. The summed E-state index contributed by atoms with van der Waals surface area (Å²) in [7, 11) is 0. The predicted octanol–water partition coefficient (Wildman–Crippen LogP) is 1.92. The fraction of sp³-hybridized carbons (Fsp3) is 0.867. The fourth-order valence-electron chi connectivity index (χ4n) is 3.62. The summed E-state index contributed by atoms with van der Waals surface area (Å²) in [5.41, 5.74) is 5.72. The van der Waals surface area contributed by atoms with E-state index in [0.29, 0.717) is 13.0 Å². The van der Waals surface area contributed by atoms with E-state index in [4.69, 9.17) is 5.73 Å². The first-order chi connectivity index (χ1) is 9.32. The summed E-state index contributed by atoms with van der Waals surface area (Å²) in [6.07, 6.45) is 5.01. The normalized spacial score (nSPS) is 29.9. The van der Waals surface area contributed by atoms with E-state index < -0.39 is 6.10 Å². The molecule has 0 aliphatic heterocycles. The van der Waals surface area contributed by atoms with Crippen molar-refractivity contribution in [1.82, 2.24) is 14.8 Å². The van der Waals surface area contributed by atoms with Gasteiger partial charge < -0.3 is 10.8 Å². The predicted molar refractivity (Wildman–Crippen MR) is 79.2 cm³/mol. The topological polar surface area (TPSA) is 77.0 Å². The molecular weight excluding hydrogens is 252 g/mol. The molecule has 0 saturated heterocycles. The third-order valence-corrected chi connectivity index (χ3v) is 4.87. The van der Waals surface area contributed by atoms with Gasteiger partial charge in [0, 0.05) is 24.4 Å². The molecule has 20 heavy (non-hydrogen) atoms. The highest BCUT2D eigenvalue weighted by molar-refractivity contribution is 5.05. The highest BCUT2D eigenvalue weighted by Crippen LogP contribution is 2.47. The van der Waals surface area contributed by atoms with Gasteiger partial charge in [-0.3, -0.25) is 0 Å². The molecule has 0 bridgehead atoms. The lowest BCUT2D eigenvalue weighted by atomic mass is 9.59. The maximum Gasteiger partial charge on any atom is 0.138 e. The van der Waals surface area contributed by atoms with Crippen LogP contribution in [0.15, 0.2) is 6.33 Å². The highest BCUT2D eigenvalue weighted by Gasteiger charge is 2.48. The highest BCUT2D eigenvalue weighted by atomic mass is 16.3. The molecule has 1 aromatic heterocycles. The van der Waals surface area contributed by atoms with Gasteiger partial charge in [-0.1, -0.05) is 20.3 Å². The van der Waals surface area contributed by atoms with E-state index >= 15 is 0 Å². The Morgan fingerprint density at radius 3 is 2.75 bits per heavy atom. The van der Waals surface area contributed by atoms with E-state index in [9.17, 15) is 5.11 Å². The lowest BCUT2D eigenvalue weighted by Crippen LogP contribution is -2.53. The summed E-state index contributed by atoms with van der Waals surface area (Å²) in [6.45, 7) is 8.94. The Kier molecular flexibility index (Phi) is 4.21. The Balaban J connectivity index is 2.30. The van der Waals surface area contributed by atoms with Gasteiger partial charge in [-0.05, 0) is 32.1 Å². The van der Waals surface area contributed by atoms with Gasteiger partial charge in [-0.2, -0.15) is 5.10 Å². The van der Waals surface area contributed by atoms with Crippen LogP contribution in [0.4, 0.5) is 0 Å². The van der Waals surface area contributed by atoms with Crippen molar-refractivity contribution in [2.24, 2.45) is 16.6 Å². The van der Waals surface area contributed by atoms with Gasteiger partial charge in [0.1, 0.15) is 12.2 Å². The van der Waals surface area contributed by atoms with E-state index in [1.54, 1.807) is 6.33 Å². The van der Waals surface area contributed by atoms with E-state index in [1.807, 2.05) is 4.68 Å². The van der Waals surface area contributed by atoms with E-state index in [2.05, 4.69) is 37.8 Å². The first-order valence-electron chi connectivity index (χ1n) is 7.59. The molecule has 1 heterocycles. The van der Waals surface area contributed by atoms with Crippen LogP contribution in [0.5, 0.6) is 0 Å². The SMILES string of the molecule is CC(C)n1ncnc1CC1(CN)CCCC(C)(C)C1O. The molecule has 5 heteroatoms. The number of rotatable bonds is 4. The molecule has 0 radical (unpaired) electrons. The summed E-state index contributed by atoms with van der Waals surface area (Å²) in [5.74, 6) is 0.933. The van der Waals surface area contributed by atoms with Crippen molar-refractivity contribution in [2.75, 3.05) is 6.54 Å². The molecule has 1 aliphatic carbocycles. The molecule has 114 valence electrons. The van der Waals surface area contributed by atoms with Crippen LogP contribution in [-0.4, -0.2) is 32.5 Å². The van der Waals surface area contributed by atoms with Crippen molar-refractivity contribution in [2.45, 2.75) is 65.5 Å². The number of hydrogen-bond acceptors (Lipinski definition) is 4. The van der Waals surface area contributed by atoms with Crippen LogP contribution in [0.2, 0.25) is 0 Å². The van der Waals surface area contributed by atoms with Crippen molar-refractivity contribution in [3.8, 4) is 0 Å². The molecule has 1 fully saturated rings. The van der Waals surface area contributed by atoms with Crippen molar-refractivity contribution in [3.05, 3.63) is 12.2 Å². The Morgan fingerprint density at radius 1 is 1.45 bits per heavy atom. The molecular formula is C15H28N4O. The van der Waals surface area contributed by atoms with E-state index in [0.717, 1.165) is 25.1 Å². The minimum absolute atomic E-state index is 0.0830. The third-order valence-electron chi connectivity index (χ3n) is 4.87. The molecule has 0 spiro atoms. The van der Waals surface area contributed by atoms with Crippen LogP contribution in [0, 0.1) is 10.8 Å². The molecule has 2 atom stereocenters. The quantitative estimate of drug-likeness (QED) is 0.883. The smallest absolute Gasteiger partial charge is 0.138 e. The average Bonchev–Trinajstić information content (AvgIpc) is 2.83. The zero-order chi connectivity index (χ0) is 15.0.